The largest absolute Gasteiger partial charge is 0.472 e. The molecule has 0 saturated heterocycles. The zero-order valence-corrected chi connectivity index (χ0v) is 58.3. The summed E-state index contributed by atoms with van der Waals surface area (Å²) in [5.41, 5.74) is 0. The van der Waals surface area contributed by atoms with Crippen LogP contribution in [0.1, 0.15) is 337 Å². The van der Waals surface area contributed by atoms with Crippen LogP contribution in [0.5, 0.6) is 0 Å². The molecule has 0 bridgehead atoms. The van der Waals surface area contributed by atoms with Crippen LogP contribution in [-0.2, 0) is 65.4 Å². The zero-order valence-electron chi connectivity index (χ0n) is 56.5. The lowest BCUT2D eigenvalue weighted by atomic mass is 10.0. The first-order valence-corrected chi connectivity index (χ1v) is 38.3. The topological polar surface area (TPSA) is 237 Å². The number of carbonyl (C=O) groups excluding carboxylic acids is 4. The molecular formula is C68H132O17P2. The normalized spacial score (nSPS) is 14.3. The van der Waals surface area contributed by atoms with Crippen molar-refractivity contribution in [1.82, 2.24) is 0 Å². The van der Waals surface area contributed by atoms with Crippen molar-refractivity contribution in [1.29, 1.82) is 0 Å². The standard InChI is InChI=1S/C68H132O17P2/c1-8-9-10-32-42-49-65(70)78-55-63(85-68(73)52-45-38-31-30-35-41-48-61(6)7)57-82-86(74,75)80-53-62(69)54-81-87(76,77)83-58-64(56-79-66(71)50-43-36-28-24-21-17-19-23-27-34-40-47-60(4)5)84-67(72)51-44-37-29-25-20-16-14-12-11-13-15-18-22-26-33-39-46-59(2)3/h59-64,69H,8-58H2,1-7H3,(H,74,75)(H,76,77)/t62-,63+,64+/m0/s1. The van der Waals surface area contributed by atoms with Crippen molar-refractivity contribution < 1.29 is 80.2 Å². The van der Waals surface area contributed by atoms with Gasteiger partial charge in [-0.15, -0.1) is 0 Å². The number of unbranched alkanes of at least 4 members (excludes halogenated alkanes) is 34. The summed E-state index contributed by atoms with van der Waals surface area (Å²) in [6.45, 7) is 11.7. The van der Waals surface area contributed by atoms with Crippen LogP contribution >= 0.6 is 15.6 Å². The fourth-order valence-electron chi connectivity index (χ4n) is 10.2. The maximum absolute atomic E-state index is 13.0. The molecule has 0 aromatic rings. The Balaban J connectivity index is 5.14. The lowest BCUT2D eigenvalue weighted by Crippen LogP contribution is -2.30. The summed E-state index contributed by atoms with van der Waals surface area (Å²) in [5.74, 6) is 0.106. The summed E-state index contributed by atoms with van der Waals surface area (Å²) < 4.78 is 67.9. The van der Waals surface area contributed by atoms with Gasteiger partial charge >= 0.3 is 39.5 Å². The molecule has 0 aliphatic carbocycles. The molecule has 0 aromatic heterocycles. The van der Waals surface area contributed by atoms with Gasteiger partial charge < -0.3 is 33.8 Å². The molecule has 17 nitrogen and oxygen atoms in total. The molecule has 0 saturated carbocycles. The first kappa shape index (κ1) is 85.1. The van der Waals surface area contributed by atoms with Crippen molar-refractivity contribution in [2.75, 3.05) is 39.6 Å². The van der Waals surface area contributed by atoms with Gasteiger partial charge in [-0.3, -0.25) is 37.3 Å². The van der Waals surface area contributed by atoms with Crippen molar-refractivity contribution >= 4 is 39.5 Å². The number of rotatable bonds is 66. The summed E-state index contributed by atoms with van der Waals surface area (Å²) in [5, 5.41) is 10.5. The summed E-state index contributed by atoms with van der Waals surface area (Å²) in [7, 11) is -9.89. The predicted molar refractivity (Wildman–Crippen MR) is 349 cm³/mol. The van der Waals surface area contributed by atoms with Gasteiger partial charge in [0.05, 0.1) is 26.4 Å². The van der Waals surface area contributed by atoms with Crippen LogP contribution in [0.25, 0.3) is 0 Å². The van der Waals surface area contributed by atoms with Crippen LogP contribution in [0.4, 0.5) is 0 Å². The molecule has 0 aliphatic heterocycles. The molecule has 0 spiro atoms. The van der Waals surface area contributed by atoms with Crippen LogP contribution in [0.15, 0.2) is 0 Å². The lowest BCUT2D eigenvalue weighted by Gasteiger charge is -2.21. The number of ether oxygens (including phenoxy) is 4. The Hall–Kier alpha value is -1.94. The van der Waals surface area contributed by atoms with E-state index >= 15 is 0 Å². The highest BCUT2D eigenvalue weighted by Gasteiger charge is 2.30. The van der Waals surface area contributed by atoms with E-state index in [2.05, 4.69) is 48.5 Å². The van der Waals surface area contributed by atoms with Crippen molar-refractivity contribution in [3.63, 3.8) is 0 Å². The van der Waals surface area contributed by atoms with Gasteiger partial charge in [-0.1, -0.05) is 286 Å². The van der Waals surface area contributed by atoms with E-state index in [-0.39, 0.29) is 25.7 Å². The number of phosphoric ester groups is 2. The highest BCUT2D eigenvalue weighted by atomic mass is 31.2. The molecule has 0 rings (SSSR count). The van der Waals surface area contributed by atoms with Gasteiger partial charge in [0.25, 0.3) is 0 Å². The Labute approximate surface area is 530 Å². The molecule has 19 heteroatoms. The highest BCUT2D eigenvalue weighted by Crippen LogP contribution is 2.45. The first-order chi connectivity index (χ1) is 41.7. The minimum atomic E-state index is -4.95. The SMILES string of the molecule is CCCCCCCC(=O)OC[C@H](COP(=O)(O)OC[C@H](O)COP(=O)(O)OC[C@@H](COC(=O)CCCCCCCCCCCCCC(C)C)OC(=O)CCCCCCCCCCCCCCCCCCC(C)C)OC(=O)CCCCCCCCC(C)C. The Morgan fingerprint density at radius 3 is 0.782 bits per heavy atom. The van der Waals surface area contributed by atoms with E-state index in [1.807, 2.05) is 0 Å². The Morgan fingerprint density at radius 1 is 0.310 bits per heavy atom. The molecule has 516 valence electrons. The highest BCUT2D eigenvalue weighted by molar-refractivity contribution is 7.47. The molecule has 0 aromatic carbocycles. The fraction of sp³-hybridized carbons (Fsp3) is 0.941. The van der Waals surface area contributed by atoms with E-state index in [1.165, 1.54) is 141 Å². The van der Waals surface area contributed by atoms with Crippen LogP contribution < -0.4 is 0 Å². The van der Waals surface area contributed by atoms with E-state index in [9.17, 15) is 43.2 Å². The monoisotopic (exact) mass is 1280 g/mol. The van der Waals surface area contributed by atoms with Crippen LogP contribution in [0.2, 0.25) is 0 Å². The summed E-state index contributed by atoms with van der Waals surface area (Å²) >= 11 is 0. The summed E-state index contributed by atoms with van der Waals surface area (Å²) in [6.07, 6.45) is 42.3. The molecule has 0 amide bonds. The minimum absolute atomic E-state index is 0.101. The van der Waals surface area contributed by atoms with E-state index in [0.29, 0.717) is 31.6 Å². The third kappa shape index (κ3) is 62.6. The second-order valence-electron chi connectivity index (χ2n) is 26.0. The second-order valence-corrected chi connectivity index (χ2v) is 28.9. The smallest absolute Gasteiger partial charge is 0.462 e. The van der Waals surface area contributed by atoms with Gasteiger partial charge in [0.1, 0.15) is 19.3 Å². The maximum atomic E-state index is 13.0. The van der Waals surface area contributed by atoms with Gasteiger partial charge in [-0.05, 0) is 43.4 Å². The molecule has 5 atom stereocenters. The van der Waals surface area contributed by atoms with Gasteiger partial charge in [0.2, 0.25) is 0 Å². The van der Waals surface area contributed by atoms with Gasteiger partial charge in [-0.25, -0.2) is 9.13 Å². The van der Waals surface area contributed by atoms with Gasteiger partial charge in [-0.2, -0.15) is 0 Å². The van der Waals surface area contributed by atoms with Gasteiger partial charge in [0.15, 0.2) is 12.2 Å². The molecule has 87 heavy (non-hydrogen) atoms. The summed E-state index contributed by atoms with van der Waals surface area (Å²) in [4.78, 5) is 72.1. The van der Waals surface area contributed by atoms with Crippen molar-refractivity contribution in [2.24, 2.45) is 17.8 Å². The third-order valence-electron chi connectivity index (χ3n) is 15.6. The maximum Gasteiger partial charge on any atom is 0.472 e. The average Bonchev–Trinajstić information content (AvgIpc) is 3.60. The molecular weight excluding hydrogens is 1150 g/mol. The van der Waals surface area contributed by atoms with E-state index in [4.69, 9.17) is 37.0 Å². The van der Waals surface area contributed by atoms with Crippen LogP contribution in [0.3, 0.4) is 0 Å². The van der Waals surface area contributed by atoms with Gasteiger partial charge in [0, 0.05) is 25.7 Å². The first-order valence-electron chi connectivity index (χ1n) is 35.3. The lowest BCUT2D eigenvalue weighted by molar-refractivity contribution is -0.161. The predicted octanol–water partition coefficient (Wildman–Crippen LogP) is 19.1. The van der Waals surface area contributed by atoms with Crippen molar-refractivity contribution in [3.8, 4) is 0 Å². The molecule has 2 unspecified atom stereocenters. The summed E-state index contributed by atoms with van der Waals surface area (Å²) in [6, 6.07) is 0. The Kier molecular flexibility index (Phi) is 57.8. The number of hydrogen-bond donors (Lipinski definition) is 3. The van der Waals surface area contributed by atoms with E-state index in [1.54, 1.807) is 0 Å². The average molecular weight is 1280 g/mol. The molecule has 0 heterocycles. The Bertz CT molecular complexity index is 1720. The van der Waals surface area contributed by atoms with Crippen LogP contribution in [0, 0.1) is 17.8 Å². The number of esters is 4. The third-order valence-corrected chi connectivity index (χ3v) is 17.5. The van der Waals surface area contributed by atoms with E-state index in [0.717, 1.165) is 108 Å². The van der Waals surface area contributed by atoms with Crippen molar-refractivity contribution in [3.05, 3.63) is 0 Å². The van der Waals surface area contributed by atoms with E-state index < -0.39 is 97.5 Å². The number of aliphatic hydroxyl groups excluding tert-OH is 1. The zero-order chi connectivity index (χ0) is 64.5. The molecule has 3 N–H and O–H groups in total. The quantitative estimate of drug-likeness (QED) is 0.0222. The second kappa shape index (κ2) is 59.1. The minimum Gasteiger partial charge on any atom is -0.462 e. The fourth-order valence-corrected chi connectivity index (χ4v) is 11.8. The number of phosphoric acid groups is 2. The molecule has 0 radical (unpaired) electrons. The van der Waals surface area contributed by atoms with Crippen molar-refractivity contribution in [2.45, 2.75) is 356 Å². The molecule has 0 fully saturated rings. The number of hydrogen-bond acceptors (Lipinski definition) is 15. The van der Waals surface area contributed by atoms with Crippen LogP contribution in [-0.4, -0.2) is 96.7 Å². The molecule has 0 aliphatic rings. The number of carbonyl (C=O) groups is 4. The Morgan fingerprint density at radius 2 is 0.529 bits per heavy atom. The number of aliphatic hydroxyl groups is 1.